The summed E-state index contributed by atoms with van der Waals surface area (Å²) in [6, 6.07) is 6.67. The molecule has 0 aliphatic carbocycles. The Morgan fingerprint density at radius 3 is 1.89 bits per heavy atom. The maximum Gasteiger partial charge on any atom is 0.416 e. The second kappa shape index (κ2) is 11.8. The fraction of sp³-hybridized carbons (Fsp3) is 0.455. The zero-order valence-corrected chi connectivity index (χ0v) is 27.1. The summed E-state index contributed by atoms with van der Waals surface area (Å²) in [5.41, 5.74) is -3.74. The summed E-state index contributed by atoms with van der Waals surface area (Å²) in [6.45, 7) is 4.15. The van der Waals surface area contributed by atoms with Crippen molar-refractivity contribution in [3.63, 3.8) is 0 Å². The zero-order valence-electron chi connectivity index (χ0n) is 26.3. The van der Waals surface area contributed by atoms with Gasteiger partial charge in [0, 0.05) is 31.0 Å². The molecule has 47 heavy (non-hydrogen) atoms. The molecule has 2 saturated heterocycles. The molecule has 2 aliphatic heterocycles. The summed E-state index contributed by atoms with van der Waals surface area (Å²) in [7, 11) is -1.91. The Morgan fingerprint density at radius 2 is 1.40 bits per heavy atom. The minimum absolute atomic E-state index is 0.0116. The van der Waals surface area contributed by atoms with Crippen molar-refractivity contribution in [1.29, 1.82) is 0 Å². The summed E-state index contributed by atoms with van der Waals surface area (Å²) < 4.78 is 121. The lowest BCUT2D eigenvalue weighted by molar-refractivity contribution is -0.143. The van der Waals surface area contributed by atoms with Crippen molar-refractivity contribution in [2.75, 3.05) is 23.1 Å². The van der Waals surface area contributed by atoms with Crippen molar-refractivity contribution in [3.05, 3.63) is 76.7 Å². The van der Waals surface area contributed by atoms with Crippen molar-refractivity contribution in [3.8, 4) is 11.1 Å². The molecule has 2 bridgehead atoms. The number of fused-ring (bicyclic) bond motifs is 2. The fourth-order valence-corrected chi connectivity index (χ4v) is 7.95. The molecule has 0 radical (unpaired) electrons. The molecule has 0 saturated carbocycles. The number of benzene rings is 2. The number of amides is 1. The lowest BCUT2D eigenvalue weighted by Gasteiger charge is -2.39. The van der Waals surface area contributed by atoms with Gasteiger partial charge in [-0.15, -0.1) is 0 Å². The Bertz CT molecular complexity index is 1780. The maximum absolute atomic E-state index is 14.1. The number of alkyl halides is 6. The van der Waals surface area contributed by atoms with Crippen LogP contribution in [0.4, 0.5) is 42.2 Å². The van der Waals surface area contributed by atoms with Crippen LogP contribution in [0.5, 0.6) is 0 Å². The minimum atomic E-state index is -5.09. The molecule has 3 aromatic rings. The van der Waals surface area contributed by atoms with Crippen LogP contribution in [0.2, 0.25) is 0 Å². The van der Waals surface area contributed by atoms with E-state index in [1.807, 2.05) is 0 Å². The fourth-order valence-electron chi connectivity index (χ4n) is 6.81. The monoisotopic (exact) mass is 685 g/mol. The highest BCUT2D eigenvalue weighted by atomic mass is 32.2. The lowest BCUT2D eigenvalue weighted by Crippen LogP contribution is -2.47. The van der Waals surface area contributed by atoms with Gasteiger partial charge in [-0.05, 0) is 99.5 Å². The van der Waals surface area contributed by atoms with Gasteiger partial charge in [0.15, 0.2) is 0 Å². The SMILES string of the molecule is Cc1cc(F)ccc1-c1cc(N2[C@@H]3CC[C@H]2CC(S(C)(=O)=O)C3)ncc1N(C)C(=O)C(C)(C)c1cc(C(F)(F)F)cc(C(F)(F)F)c1. The maximum atomic E-state index is 14.1. The Hall–Kier alpha value is -3.68. The third-order valence-corrected chi connectivity index (χ3v) is 11.0. The number of hydrogen-bond acceptors (Lipinski definition) is 5. The number of carbonyl (C=O) groups excluding carboxylic acids is 1. The van der Waals surface area contributed by atoms with Crippen molar-refractivity contribution in [1.82, 2.24) is 4.98 Å². The molecule has 1 amide bonds. The van der Waals surface area contributed by atoms with Crippen molar-refractivity contribution in [2.45, 2.75) is 81.6 Å². The average molecular weight is 686 g/mol. The number of carbonyl (C=O) groups is 1. The van der Waals surface area contributed by atoms with Gasteiger partial charge in [0.1, 0.15) is 21.5 Å². The van der Waals surface area contributed by atoms with Crippen LogP contribution in [0.1, 0.15) is 61.8 Å². The molecule has 6 nitrogen and oxygen atoms in total. The number of sulfone groups is 1. The van der Waals surface area contributed by atoms with Crippen LogP contribution in [0.3, 0.4) is 0 Å². The first-order chi connectivity index (χ1) is 21.6. The van der Waals surface area contributed by atoms with E-state index in [-0.39, 0.29) is 23.8 Å². The predicted molar refractivity (Wildman–Crippen MR) is 164 cm³/mol. The minimum Gasteiger partial charge on any atom is -0.351 e. The molecular formula is C33H34F7N3O3S. The summed E-state index contributed by atoms with van der Waals surface area (Å²) in [4.78, 5) is 21.9. The first-order valence-electron chi connectivity index (χ1n) is 14.9. The molecule has 2 fully saturated rings. The highest BCUT2D eigenvalue weighted by Gasteiger charge is 2.45. The van der Waals surface area contributed by atoms with Gasteiger partial charge in [0.25, 0.3) is 0 Å². The van der Waals surface area contributed by atoms with Crippen molar-refractivity contribution < 1.29 is 43.9 Å². The smallest absolute Gasteiger partial charge is 0.351 e. The number of nitrogens with zero attached hydrogens (tertiary/aromatic N) is 3. The molecule has 0 N–H and O–H groups in total. The molecule has 0 spiro atoms. The Morgan fingerprint density at radius 1 is 0.872 bits per heavy atom. The van der Waals surface area contributed by atoms with Crippen LogP contribution in [0.15, 0.2) is 48.7 Å². The third kappa shape index (κ3) is 6.70. The van der Waals surface area contributed by atoms with Crippen molar-refractivity contribution in [2.24, 2.45) is 0 Å². The lowest BCUT2D eigenvalue weighted by atomic mass is 9.81. The topological polar surface area (TPSA) is 70.6 Å². The van der Waals surface area contributed by atoms with Gasteiger partial charge in [0.05, 0.1) is 33.7 Å². The number of aromatic nitrogens is 1. The Balaban J connectivity index is 1.59. The molecule has 254 valence electrons. The number of likely N-dealkylation sites (N-methyl/N-ethyl adjacent to an activating group) is 1. The van der Waals surface area contributed by atoms with Crippen LogP contribution in [0, 0.1) is 12.7 Å². The van der Waals surface area contributed by atoms with E-state index in [2.05, 4.69) is 9.88 Å². The first-order valence-corrected chi connectivity index (χ1v) is 16.9. The van der Waals surface area contributed by atoms with Crippen molar-refractivity contribution >= 4 is 27.2 Å². The summed E-state index contributed by atoms with van der Waals surface area (Å²) in [5.74, 6) is -0.798. The van der Waals surface area contributed by atoms with Gasteiger partial charge < -0.3 is 9.80 Å². The van der Waals surface area contributed by atoms with Crippen LogP contribution in [0.25, 0.3) is 11.1 Å². The highest BCUT2D eigenvalue weighted by molar-refractivity contribution is 7.91. The summed E-state index contributed by atoms with van der Waals surface area (Å²) in [6.07, 6.45) is -5.19. The van der Waals surface area contributed by atoms with Gasteiger partial charge in [0.2, 0.25) is 5.91 Å². The van der Waals surface area contributed by atoms with E-state index >= 15 is 0 Å². The predicted octanol–water partition coefficient (Wildman–Crippen LogP) is 7.72. The van der Waals surface area contributed by atoms with Gasteiger partial charge in [-0.1, -0.05) is 6.07 Å². The number of halogens is 7. The van der Waals surface area contributed by atoms with Gasteiger partial charge in [-0.25, -0.2) is 17.8 Å². The zero-order chi connectivity index (χ0) is 34.9. The van der Waals surface area contributed by atoms with E-state index in [1.54, 1.807) is 13.0 Å². The summed E-state index contributed by atoms with van der Waals surface area (Å²) in [5, 5.41) is -0.478. The molecule has 2 aliphatic rings. The molecular weight excluding hydrogens is 651 g/mol. The third-order valence-electron chi connectivity index (χ3n) is 9.42. The van der Waals surface area contributed by atoms with Crippen LogP contribution < -0.4 is 9.80 Å². The van der Waals surface area contributed by atoms with Gasteiger partial charge >= 0.3 is 12.4 Å². The van der Waals surface area contributed by atoms with E-state index in [9.17, 15) is 43.9 Å². The number of rotatable bonds is 6. The second-order valence-corrected chi connectivity index (χ2v) is 15.3. The first kappa shape index (κ1) is 34.6. The molecule has 1 aromatic heterocycles. The molecule has 3 atom stereocenters. The number of anilines is 2. The van der Waals surface area contributed by atoms with E-state index in [4.69, 9.17) is 0 Å². The average Bonchev–Trinajstić information content (AvgIpc) is 3.22. The molecule has 3 heterocycles. The van der Waals surface area contributed by atoms with Crippen LogP contribution >= 0.6 is 0 Å². The standard InChI is InChI=1S/C33H34F7N3O3S/c1-18-10-22(34)6-9-26(18)27-16-29(43-23-7-8-24(43)15-25(14-23)47(5,45)46)41-17-28(27)42(4)30(44)31(2,3)19-11-20(32(35,36)37)13-21(12-19)33(38,39)40/h6,9-13,16-17,23-25H,7-8,14-15H2,1-5H3/t23-,24+,25?. The van der Waals surface area contributed by atoms with E-state index in [0.717, 1.165) is 17.7 Å². The van der Waals surface area contributed by atoms with Crippen LogP contribution in [-0.4, -0.2) is 49.9 Å². The van der Waals surface area contributed by atoms with Gasteiger partial charge in [-0.2, -0.15) is 26.3 Å². The molecule has 1 unspecified atom stereocenters. The number of hydrogen-bond donors (Lipinski definition) is 0. The second-order valence-electron chi connectivity index (χ2n) is 13.0. The molecule has 5 rings (SSSR count). The summed E-state index contributed by atoms with van der Waals surface area (Å²) >= 11 is 0. The van der Waals surface area contributed by atoms with Crippen LogP contribution in [-0.2, 0) is 32.4 Å². The number of aryl methyl sites for hydroxylation is 1. The number of piperidine rings is 1. The Labute approximate surface area is 268 Å². The van der Waals surface area contributed by atoms with E-state index in [1.165, 1.54) is 51.5 Å². The Kier molecular flexibility index (Phi) is 8.68. The number of pyridine rings is 1. The quantitative estimate of drug-likeness (QED) is 0.249. The van der Waals surface area contributed by atoms with E-state index in [0.29, 0.717) is 47.5 Å². The normalized spacial score (nSPS) is 20.4. The largest absolute Gasteiger partial charge is 0.416 e. The highest BCUT2D eigenvalue weighted by Crippen LogP contribution is 2.44. The molecule has 2 aromatic carbocycles. The van der Waals surface area contributed by atoms with Gasteiger partial charge in [-0.3, -0.25) is 4.79 Å². The van der Waals surface area contributed by atoms with E-state index < -0.39 is 61.3 Å². The molecule has 14 heteroatoms.